The minimum atomic E-state index is -0.200. The minimum Gasteiger partial charge on any atom is -0.428 e. The van der Waals surface area contributed by atoms with Gasteiger partial charge in [-0.1, -0.05) is 36.8 Å². The fraction of sp³-hybridized carbons (Fsp3) is 0.455. The van der Waals surface area contributed by atoms with E-state index in [0.717, 1.165) is 30.0 Å². The molecule has 0 bridgehead atoms. The van der Waals surface area contributed by atoms with E-state index in [9.17, 15) is 4.79 Å². The fourth-order valence-corrected chi connectivity index (χ4v) is 4.83. The second kappa shape index (κ2) is 6.69. The van der Waals surface area contributed by atoms with E-state index >= 15 is 0 Å². The van der Waals surface area contributed by atoms with Crippen molar-refractivity contribution in [1.82, 2.24) is 4.98 Å². The second-order valence-electron chi connectivity index (χ2n) is 8.06. The maximum Gasteiger partial charge on any atom is 0.302 e. The first-order valence-corrected chi connectivity index (χ1v) is 10.1. The van der Waals surface area contributed by atoms with Crippen molar-refractivity contribution in [2.75, 3.05) is 5.32 Å². The van der Waals surface area contributed by atoms with Gasteiger partial charge in [-0.15, -0.1) is 0 Å². The number of hydrogen-bond donors (Lipinski definition) is 1. The fourth-order valence-electron chi connectivity index (χ4n) is 4.83. The van der Waals surface area contributed by atoms with E-state index < -0.39 is 0 Å². The molecule has 3 aliphatic carbocycles. The third-order valence-electron chi connectivity index (χ3n) is 6.19. The van der Waals surface area contributed by atoms with Crippen LogP contribution in [0.15, 0.2) is 44.3 Å². The van der Waals surface area contributed by atoms with Gasteiger partial charge in [-0.05, 0) is 31.8 Å². The highest BCUT2D eigenvalue weighted by molar-refractivity contribution is 6.17. The summed E-state index contributed by atoms with van der Waals surface area (Å²) in [4.78, 5) is 26.7. The summed E-state index contributed by atoms with van der Waals surface area (Å²) in [5.74, 6) is 1.98. The number of aromatic nitrogens is 1. The number of nitrogens with one attached hydrogen (secondary N) is 1. The Hall–Kier alpha value is -2.76. The van der Waals surface area contributed by atoms with Crippen LogP contribution in [0.5, 0.6) is 0 Å². The number of carbonyl (C=O) groups is 1. The predicted octanol–water partition coefficient (Wildman–Crippen LogP) is 3.97. The average Bonchev–Trinajstić information content (AvgIpc) is 3.24. The molecule has 4 aliphatic rings. The minimum absolute atomic E-state index is 0.134. The van der Waals surface area contributed by atoms with E-state index in [0.29, 0.717) is 30.7 Å². The number of ketones is 1. The van der Waals surface area contributed by atoms with E-state index in [4.69, 9.17) is 9.41 Å². The summed E-state index contributed by atoms with van der Waals surface area (Å²) in [5, 5.41) is 3.17. The van der Waals surface area contributed by atoms with Crippen molar-refractivity contribution in [3.63, 3.8) is 0 Å². The van der Waals surface area contributed by atoms with Crippen LogP contribution in [-0.2, 0) is 11.2 Å². The molecule has 144 valence electrons. The average molecular weight is 376 g/mol. The number of anilines is 1. The molecule has 1 aliphatic heterocycles. The number of Topliss-reactive ketones (excluding diaryl/α,β-unsaturated/α-hetero) is 1. The van der Waals surface area contributed by atoms with Gasteiger partial charge in [-0.25, -0.2) is 9.98 Å². The zero-order valence-corrected chi connectivity index (χ0v) is 16.2. The standard InChI is InChI=1S/C22H24N4O2/c1-12-6-5-7-13(2)18(12)20-19-15(10-11-16(19)27)23-21(25-20)26-22-24-14-8-3-4-9-17(14)28-22/h3,5-8,12,18-20H,4,9-11H2,1-2H3,(H,24,25,26). The number of rotatable bonds is 2. The molecule has 1 saturated carbocycles. The Bertz CT molecular complexity index is 979. The van der Waals surface area contributed by atoms with Crippen LogP contribution in [-0.4, -0.2) is 28.5 Å². The van der Waals surface area contributed by atoms with Gasteiger partial charge in [0.15, 0.2) is 0 Å². The van der Waals surface area contributed by atoms with Gasteiger partial charge in [0.1, 0.15) is 17.2 Å². The zero-order valence-electron chi connectivity index (χ0n) is 16.2. The topological polar surface area (TPSA) is 79.8 Å². The van der Waals surface area contributed by atoms with Gasteiger partial charge in [0.2, 0.25) is 5.96 Å². The van der Waals surface area contributed by atoms with Crippen molar-refractivity contribution in [1.29, 1.82) is 0 Å². The number of oxazole rings is 1. The Kier molecular flexibility index (Phi) is 4.14. The van der Waals surface area contributed by atoms with Crippen molar-refractivity contribution in [2.45, 2.75) is 45.6 Å². The highest BCUT2D eigenvalue weighted by Crippen LogP contribution is 2.39. The molecule has 4 atom stereocenters. The van der Waals surface area contributed by atoms with E-state index in [1.54, 1.807) is 0 Å². The monoisotopic (exact) mass is 376 g/mol. The van der Waals surface area contributed by atoms with Crippen molar-refractivity contribution in [3.8, 4) is 0 Å². The molecule has 0 saturated heterocycles. The molecule has 4 unspecified atom stereocenters. The van der Waals surface area contributed by atoms with Gasteiger partial charge in [0, 0.05) is 24.5 Å². The molecule has 6 heteroatoms. The van der Waals surface area contributed by atoms with Crippen molar-refractivity contribution in [3.05, 3.63) is 41.3 Å². The molecule has 0 aromatic carbocycles. The Labute approximate surface area is 164 Å². The van der Waals surface area contributed by atoms with Gasteiger partial charge < -0.3 is 4.42 Å². The van der Waals surface area contributed by atoms with Crippen LogP contribution in [0.1, 0.15) is 44.6 Å². The smallest absolute Gasteiger partial charge is 0.302 e. The number of hydrogen-bond acceptors (Lipinski definition) is 6. The molecule has 1 N–H and O–H groups in total. The lowest BCUT2D eigenvalue weighted by Crippen LogP contribution is -2.42. The molecule has 0 amide bonds. The summed E-state index contributed by atoms with van der Waals surface area (Å²) in [5.41, 5.74) is 3.08. The van der Waals surface area contributed by atoms with E-state index in [-0.39, 0.29) is 23.7 Å². The summed E-state index contributed by atoms with van der Waals surface area (Å²) in [7, 11) is 0. The summed E-state index contributed by atoms with van der Waals surface area (Å²) >= 11 is 0. The quantitative estimate of drug-likeness (QED) is 0.847. The van der Waals surface area contributed by atoms with Gasteiger partial charge in [-0.2, -0.15) is 4.98 Å². The number of aryl methyl sites for hydroxylation is 1. The Balaban J connectivity index is 1.48. The van der Waals surface area contributed by atoms with Crippen LogP contribution in [0, 0.1) is 17.8 Å². The third kappa shape index (κ3) is 2.87. The van der Waals surface area contributed by atoms with Crippen LogP contribution in [0.2, 0.25) is 0 Å². The molecular formula is C22H24N4O2. The van der Waals surface area contributed by atoms with E-state index in [2.05, 4.69) is 53.4 Å². The summed E-state index contributed by atoms with van der Waals surface area (Å²) < 4.78 is 5.85. The maximum atomic E-state index is 12.6. The van der Waals surface area contributed by atoms with E-state index in [1.165, 1.54) is 5.57 Å². The molecular weight excluding hydrogens is 352 g/mol. The van der Waals surface area contributed by atoms with Crippen molar-refractivity contribution < 1.29 is 9.21 Å². The highest BCUT2D eigenvalue weighted by Gasteiger charge is 2.45. The van der Waals surface area contributed by atoms with Crippen LogP contribution in [0.3, 0.4) is 0 Å². The molecule has 5 rings (SSSR count). The molecule has 6 nitrogen and oxygen atoms in total. The number of nitrogens with zero attached hydrogens (tertiary/aromatic N) is 3. The molecule has 0 radical (unpaired) electrons. The highest BCUT2D eigenvalue weighted by atomic mass is 16.4. The van der Waals surface area contributed by atoms with Crippen LogP contribution >= 0.6 is 0 Å². The Morgan fingerprint density at radius 2 is 2.14 bits per heavy atom. The first-order valence-electron chi connectivity index (χ1n) is 10.1. The summed E-state index contributed by atoms with van der Waals surface area (Å²) in [6.45, 7) is 4.33. The first kappa shape index (κ1) is 17.3. The maximum absolute atomic E-state index is 12.6. The number of aliphatic imine (C=N–C) groups is 2. The largest absolute Gasteiger partial charge is 0.428 e. The Morgan fingerprint density at radius 3 is 2.96 bits per heavy atom. The van der Waals surface area contributed by atoms with Crippen molar-refractivity contribution >= 4 is 29.5 Å². The van der Waals surface area contributed by atoms with Gasteiger partial charge in [0.25, 0.3) is 0 Å². The normalized spacial score (nSPS) is 31.1. The van der Waals surface area contributed by atoms with Crippen LogP contribution < -0.4 is 5.32 Å². The number of carbonyl (C=O) groups excluding carboxylic acids is 1. The van der Waals surface area contributed by atoms with Gasteiger partial charge >= 0.3 is 6.01 Å². The first-order chi connectivity index (χ1) is 13.6. The SMILES string of the molecule is CC1=CC=CC(C)C1C1N=C(Nc2nc3c(o2)CCC=C3)N=C2CCC(=O)C21. The van der Waals surface area contributed by atoms with Gasteiger partial charge in [-0.3, -0.25) is 10.1 Å². The zero-order chi connectivity index (χ0) is 19.3. The molecule has 0 spiro atoms. The van der Waals surface area contributed by atoms with Crippen LogP contribution in [0.25, 0.3) is 6.08 Å². The molecule has 1 aromatic heterocycles. The van der Waals surface area contributed by atoms with E-state index in [1.807, 2.05) is 6.08 Å². The summed E-state index contributed by atoms with van der Waals surface area (Å²) in [6.07, 6.45) is 13.6. The second-order valence-corrected chi connectivity index (χ2v) is 8.06. The molecule has 1 aromatic rings. The van der Waals surface area contributed by atoms with Gasteiger partial charge in [0.05, 0.1) is 12.0 Å². The molecule has 28 heavy (non-hydrogen) atoms. The summed E-state index contributed by atoms with van der Waals surface area (Å²) in [6, 6.07) is 0.288. The number of guanidine groups is 1. The van der Waals surface area contributed by atoms with Crippen LogP contribution in [0.4, 0.5) is 6.01 Å². The Morgan fingerprint density at radius 1 is 1.25 bits per heavy atom. The number of fused-ring (bicyclic) bond motifs is 2. The third-order valence-corrected chi connectivity index (χ3v) is 6.19. The lowest BCUT2D eigenvalue weighted by atomic mass is 9.73. The predicted molar refractivity (Wildman–Crippen MR) is 109 cm³/mol. The van der Waals surface area contributed by atoms with Crippen molar-refractivity contribution in [2.24, 2.45) is 27.7 Å². The lowest BCUT2D eigenvalue weighted by Gasteiger charge is -2.35. The lowest BCUT2D eigenvalue weighted by molar-refractivity contribution is -0.120. The molecule has 2 heterocycles. The number of allylic oxidation sites excluding steroid dienone is 4. The molecule has 1 fully saturated rings.